The van der Waals surface area contributed by atoms with E-state index >= 15 is 0 Å². The molecule has 140 valence electrons. The minimum absolute atomic E-state index is 0.0736. The average molecular weight is 383 g/mol. The number of aromatic nitrogens is 4. The van der Waals surface area contributed by atoms with Gasteiger partial charge in [0.15, 0.2) is 5.65 Å². The lowest BCUT2D eigenvalue weighted by molar-refractivity contribution is -0.0184. The number of fused-ring (bicyclic) bond motifs is 1. The molecule has 2 aromatic heterocycles. The molecular weight excluding hydrogens is 365 g/mol. The molecule has 0 saturated carbocycles. The predicted molar refractivity (Wildman–Crippen MR) is 90.6 cm³/mol. The zero-order valence-electron chi connectivity index (χ0n) is 13.5. The van der Waals surface area contributed by atoms with Gasteiger partial charge in [-0.15, -0.1) is 0 Å². The third kappa shape index (κ3) is 4.08. The van der Waals surface area contributed by atoms with Crippen LogP contribution in [-0.4, -0.2) is 60.7 Å². The van der Waals surface area contributed by atoms with Gasteiger partial charge >= 0.3 is 0 Å². The molecule has 0 aromatic carbocycles. The molecule has 1 fully saturated rings. The Bertz CT molecular complexity index is 887. The fraction of sp³-hybridized carbons (Fsp3) is 0.500. The molecule has 1 unspecified atom stereocenters. The molecule has 1 aliphatic rings. The fourth-order valence-corrected chi connectivity index (χ4v) is 2.90. The minimum Gasteiger partial charge on any atom is -0.395 e. The fourth-order valence-electron chi connectivity index (χ4n) is 2.60. The monoisotopic (exact) mass is 383 g/mol. The highest BCUT2D eigenvalue weighted by molar-refractivity contribution is 7.43. The van der Waals surface area contributed by atoms with Gasteiger partial charge in [-0.1, -0.05) is 5.92 Å². The van der Waals surface area contributed by atoms with Crippen molar-refractivity contribution in [2.24, 2.45) is 5.50 Å². The molecule has 0 radical (unpaired) electrons. The Balaban J connectivity index is 1.82. The van der Waals surface area contributed by atoms with Crippen LogP contribution < -0.4 is 11.1 Å². The van der Waals surface area contributed by atoms with Crippen LogP contribution in [0.3, 0.4) is 0 Å². The van der Waals surface area contributed by atoms with Gasteiger partial charge in [-0.2, -0.15) is 5.10 Å². The van der Waals surface area contributed by atoms with E-state index in [1.165, 1.54) is 0 Å². The number of ether oxygens (including phenoxy) is 1. The van der Waals surface area contributed by atoms with E-state index in [0.29, 0.717) is 5.69 Å². The van der Waals surface area contributed by atoms with E-state index in [1.54, 1.807) is 0 Å². The molecule has 0 aliphatic carbocycles. The number of H-pyrrole nitrogens is 2. The molecule has 1 aliphatic heterocycles. The van der Waals surface area contributed by atoms with Crippen molar-refractivity contribution in [3.05, 3.63) is 21.9 Å². The second-order valence-corrected chi connectivity index (χ2v) is 6.45. The Labute approximate surface area is 148 Å². The van der Waals surface area contributed by atoms with Gasteiger partial charge < -0.3 is 29.4 Å². The van der Waals surface area contributed by atoms with Crippen molar-refractivity contribution in [1.82, 2.24) is 20.2 Å². The molecule has 12 heteroatoms. The average Bonchev–Trinajstić information content (AvgIpc) is 3.17. The molecule has 4 atom stereocenters. The van der Waals surface area contributed by atoms with Gasteiger partial charge in [-0.3, -0.25) is 15.4 Å². The summed E-state index contributed by atoms with van der Waals surface area (Å²) in [4.78, 5) is 28.3. The van der Waals surface area contributed by atoms with Crippen LogP contribution in [0.15, 0.2) is 4.79 Å². The summed E-state index contributed by atoms with van der Waals surface area (Å²) < 4.78 is 10.5. The number of nitrogens with zero attached hydrogens (tertiary/aromatic N) is 2. The van der Waals surface area contributed by atoms with Gasteiger partial charge in [0.05, 0.1) is 19.3 Å². The third-order valence-electron chi connectivity index (χ3n) is 3.79. The first-order valence-corrected chi connectivity index (χ1v) is 9.06. The number of aliphatic hydroxyl groups excluding tert-OH is 2. The van der Waals surface area contributed by atoms with Gasteiger partial charge in [-0.25, -0.2) is 4.98 Å². The van der Waals surface area contributed by atoms with Crippen molar-refractivity contribution in [3.8, 4) is 11.8 Å². The molecule has 3 rings (SSSR count). The molecule has 7 N–H and O–H groups in total. The molecule has 0 spiro atoms. The first-order valence-electron chi connectivity index (χ1n) is 7.77. The zero-order chi connectivity index (χ0) is 18.7. The maximum absolute atomic E-state index is 12.4. The van der Waals surface area contributed by atoms with Crippen LogP contribution >= 0.6 is 8.53 Å². The number of rotatable bonds is 5. The van der Waals surface area contributed by atoms with E-state index in [9.17, 15) is 9.90 Å². The molecule has 3 heterocycles. The molecule has 11 nitrogen and oxygen atoms in total. The Morgan fingerprint density at radius 3 is 3.04 bits per heavy atom. The van der Waals surface area contributed by atoms with Gasteiger partial charge in [0, 0.05) is 12.8 Å². The lowest BCUT2D eigenvalue weighted by Crippen LogP contribution is -2.26. The molecule has 1 saturated heterocycles. The summed E-state index contributed by atoms with van der Waals surface area (Å²) in [6.07, 6.45) is -1.72. The highest BCUT2D eigenvalue weighted by atomic mass is 31.2. The van der Waals surface area contributed by atoms with Crippen molar-refractivity contribution in [2.75, 3.05) is 13.2 Å². The highest BCUT2D eigenvalue weighted by Crippen LogP contribution is 2.33. The smallest absolute Gasteiger partial charge is 0.263 e. The van der Waals surface area contributed by atoms with Crippen LogP contribution in [0, 0.1) is 11.8 Å². The summed E-state index contributed by atoms with van der Waals surface area (Å²) in [7, 11) is -2.04. The zero-order valence-corrected chi connectivity index (χ0v) is 14.4. The van der Waals surface area contributed by atoms with Crippen molar-refractivity contribution in [1.29, 1.82) is 0 Å². The maximum atomic E-state index is 12.4. The van der Waals surface area contributed by atoms with Crippen LogP contribution in [-0.2, 0) is 9.26 Å². The number of nitrogens with two attached hydrogens (primary N) is 1. The molecular formula is C14H18N5O6P. The predicted octanol–water partition coefficient (Wildman–Crippen LogP) is -1.23. The van der Waals surface area contributed by atoms with Crippen LogP contribution in [0.4, 0.5) is 0 Å². The topological polar surface area (TPSA) is 180 Å². The van der Waals surface area contributed by atoms with Crippen LogP contribution in [0.2, 0.25) is 0 Å². The highest BCUT2D eigenvalue weighted by Gasteiger charge is 2.37. The van der Waals surface area contributed by atoms with Crippen molar-refractivity contribution >= 4 is 19.6 Å². The standard InChI is InChI=1S/C14H18N5O6P/c15-26(23)24-6-10-8(21)5-9(25-10)12-16-13-11(14(22)17-12)7(18-19-13)3-1-2-4-20/h8-10,20-21,23H,2,4-6,15H2,(H2,16,17,18,19,22)/t8-,9+,10+,26?/m0/s1. The van der Waals surface area contributed by atoms with E-state index < -0.39 is 32.4 Å². The summed E-state index contributed by atoms with van der Waals surface area (Å²) in [5.41, 5.74) is 5.20. The van der Waals surface area contributed by atoms with E-state index in [1.807, 2.05) is 0 Å². The summed E-state index contributed by atoms with van der Waals surface area (Å²) in [6.45, 7) is -0.151. The second kappa shape index (κ2) is 8.20. The van der Waals surface area contributed by atoms with Crippen molar-refractivity contribution in [3.63, 3.8) is 0 Å². The Hall–Kier alpha value is -1.90. The Morgan fingerprint density at radius 1 is 1.50 bits per heavy atom. The van der Waals surface area contributed by atoms with Crippen LogP contribution in [0.1, 0.15) is 30.5 Å². The van der Waals surface area contributed by atoms with Gasteiger partial charge in [0.25, 0.3) is 5.56 Å². The lowest BCUT2D eigenvalue weighted by Gasteiger charge is -2.15. The van der Waals surface area contributed by atoms with E-state index in [-0.39, 0.29) is 42.9 Å². The molecule has 2 aromatic rings. The number of hydrogen-bond donors (Lipinski definition) is 6. The molecule has 26 heavy (non-hydrogen) atoms. The Kier molecular flexibility index (Phi) is 5.95. The first kappa shape index (κ1) is 18.9. The third-order valence-corrected chi connectivity index (χ3v) is 4.21. The van der Waals surface area contributed by atoms with Crippen LogP contribution in [0.25, 0.3) is 11.0 Å². The van der Waals surface area contributed by atoms with Gasteiger partial charge in [-0.05, 0) is 5.92 Å². The second-order valence-electron chi connectivity index (χ2n) is 5.59. The number of hydrogen-bond acceptors (Lipinski definition) is 9. The number of nitrogens with one attached hydrogen (secondary N) is 2. The van der Waals surface area contributed by atoms with E-state index in [4.69, 9.17) is 24.8 Å². The van der Waals surface area contributed by atoms with Crippen LogP contribution in [0.5, 0.6) is 0 Å². The summed E-state index contributed by atoms with van der Waals surface area (Å²) in [5.74, 6) is 5.67. The number of aliphatic hydroxyl groups is 2. The number of aromatic amines is 2. The first-order chi connectivity index (χ1) is 12.5. The Morgan fingerprint density at radius 2 is 2.31 bits per heavy atom. The summed E-state index contributed by atoms with van der Waals surface area (Å²) >= 11 is 0. The lowest BCUT2D eigenvalue weighted by atomic mass is 10.1. The summed E-state index contributed by atoms with van der Waals surface area (Å²) in [5, 5.41) is 25.6. The molecule has 0 bridgehead atoms. The molecule has 0 amide bonds. The van der Waals surface area contributed by atoms with Crippen molar-refractivity contribution in [2.45, 2.75) is 31.2 Å². The normalized spacial score (nSPS) is 23.8. The minimum atomic E-state index is -2.04. The summed E-state index contributed by atoms with van der Waals surface area (Å²) in [6, 6.07) is 0. The quantitative estimate of drug-likeness (QED) is 0.272. The largest absolute Gasteiger partial charge is 0.395 e. The maximum Gasteiger partial charge on any atom is 0.263 e. The van der Waals surface area contributed by atoms with E-state index in [2.05, 4.69) is 32.0 Å². The van der Waals surface area contributed by atoms with Gasteiger partial charge in [0.2, 0.25) is 8.53 Å². The van der Waals surface area contributed by atoms with Crippen molar-refractivity contribution < 1.29 is 24.4 Å². The van der Waals surface area contributed by atoms with E-state index in [0.717, 1.165) is 0 Å². The van der Waals surface area contributed by atoms with Gasteiger partial charge in [0.1, 0.15) is 29.1 Å². The SMILES string of the molecule is NP(O)OC[C@H]1O[C@@H](c2nc3n[nH]c(C#CCCO)c3c(=O)[nH]2)C[C@@H]1O.